The van der Waals surface area contributed by atoms with Gasteiger partial charge in [0.05, 0.1) is 12.2 Å². The maximum absolute atomic E-state index is 13.4. The van der Waals surface area contributed by atoms with Crippen molar-refractivity contribution in [3.63, 3.8) is 0 Å². The highest BCUT2D eigenvalue weighted by Gasteiger charge is 2.15. The molecule has 2 aromatic rings. The molecule has 88 valence electrons. The molecule has 0 fully saturated rings. The molecule has 0 spiro atoms. The lowest BCUT2D eigenvalue weighted by Gasteiger charge is -2.07. The van der Waals surface area contributed by atoms with Crippen LogP contribution in [-0.4, -0.2) is 17.6 Å². The van der Waals surface area contributed by atoms with Crippen LogP contribution in [0.3, 0.4) is 0 Å². The third kappa shape index (κ3) is 2.15. The molecule has 0 amide bonds. The highest BCUT2D eigenvalue weighted by molar-refractivity contribution is 9.10. The van der Waals surface area contributed by atoms with Crippen LogP contribution >= 0.6 is 15.9 Å². The van der Waals surface area contributed by atoms with Gasteiger partial charge in [-0.05, 0) is 28.9 Å². The van der Waals surface area contributed by atoms with Crippen LogP contribution < -0.4 is 0 Å². The van der Waals surface area contributed by atoms with Crippen molar-refractivity contribution in [3.8, 4) is 0 Å². The van der Waals surface area contributed by atoms with Crippen molar-refractivity contribution in [1.29, 1.82) is 0 Å². The Balaban J connectivity index is 2.62. The first-order chi connectivity index (χ1) is 8.15. The second-order valence-corrected chi connectivity index (χ2v) is 4.14. The van der Waals surface area contributed by atoms with Crippen molar-refractivity contribution in [2.45, 2.75) is 6.92 Å². The number of fused-ring (bicyclic) bond motifs is 1. The Kier molecular flexibility index (Phi) is 3.38. The minimum atomic E-state index is -0.474. The third-order valence-corrected chi connectivity index (χ3v) is 3.13. The molecular formula is C12H9BrFNO2. The zero-order valence-corrected chi connectivity index (χ0v) is 10.6. The Bertz CT molecular complexity index is 586. The van der Waals surface area contributed by atoms with Crippen molar-refractivity contribution in [2.24, 2.45) is 0 Å². The van der Waals surface area contributed by atoms with E-state index in [2.05, 4.69) is 20.9 Å². The van der Waals surface area contributed by atoms with Gasteiger partial charge in [-0.25, -0.2) is 9.18 Å². The molecule has 1 heterocycles. The first-order valence-electron chi connectivity index (χ1n) is 5.05. The van der Waals surface area contributed by atoms with E-state index in [-0.39, 0.29) is 12.1 Å². The summed E-state index contributed by atoms with van der Waals surface area (Å²) in [5, 5.41) is 0.551. The Morgan fingerprint density at radius 2 is 2.29 bits per heavy atom. The van der Waals surface area contributed by atoms with Crippen LogP contribution in [0, 0.1) is 5.82 Å². The van der Waals surface area contributed by atoms with Crippen LogP contribution in [0.5, 0.6) is 0 Å². The zero-order valence-electron chi connectivity index (χ0n) is 9.04. The van der Waals surface area contributed by atoms with E-state index in [0.29, 0.717) is 15.4 Å². The number of halogens is 2. The standard InChI is InChI=1S/C12H9BrFNO2/c1-2-17-12(16)8-6-15-11-7(10(8)13)4-3-5-9(11)14/h3-6H,2H2,1H3. The van der Waals surface area contributed by atoms with Gasteiger partial charge in [0, 0.05) is 16.1 Å². The topological polar surface area (TPSA) is 39.2 Å². The minimum absolute atomic E-state index is 0.229. The molecule has 0 atom stereocenters. The van der Waals surface area contributed by atoms with Gasteiger partial charge in [0.15, 0.2) is 0 Å². The molecule has 0 saturated carbocycles. The summed E-state index contributed by atoms with van der Waals surface area (Å²) in [6.07, 6.45) is 1.31. The van der Waals surface area contributed by atoms with Crippen LogP contribution in [0.25, 0.3) is 10.9 Å². The number of para-hydroxylation sites is 1. The van der Waals surface area contributed by atoms with Gasteiger partial charge in [-0.2, -0.15) is 0 Å². The number of ether oxygens (including phenoxy) is 1. The minimum Gasteiger partial charge on any atom is -0.462 e. The van der Waals surface area contributed by atoms with E-state index < -0.39 is 11.8 Å². The Labute approximate surface area is 106 Å². The lowest BCUT2D eigenvalue weighted by atomic mass is 10.1. The van der Waals surface area contributed by atoms with Crippen LogP contribution in [0.4, 0.5) is 4.39 Å². The Morgan fingerprint density at radius 3 is 3.00 bits per heavy atom. The van der Waals surface area contributed by atoms with E-state index in [1.54, 1.807) is 19.1 Å². The average Bonchev–Trinajstić information content (AvgIpc) is 2.31. The fraction of sp³-hybridized carbons (Fsp3) is 0.167. The number of benzene rings is 1. The predicted molar refractivity (Wildman–Crippen MR) is 65.4 cm³/mol. The van der Waals surface area contributed by atoms with Crippen LogP contribution in [-0.2, 0) is 4.74 Å². The first kappa shape index (κ1) is 12.0. The molecule has 0 aliphatic heterocycles. The number of esters is 1. The number of hydrogen-bond acceptors (Lipinski definition) is 3. The van der Waals surface area contributed by atoms with E-state index in [4.69, 9.17) is 4.74 Å². The highest BCUT2D eigenvalue weighted by atomic mass is 79.9. The number of nitrogens with zero attached hydrogens (tertiary/aromatic N) is 1. The lowest BCUT2D eigenvalue weighted by molar-refractivity contribution is 0.0525. The van der Waals surface area contributed by atoms with Gasteiger partial charge in [-0.3, -0.25) is 4.98 Å². The first-order valence-corrected chi connectivity index (χ1v) is 5.84. The van der Waals surface area contributed by atoms with Crippen molar-refractivity contribution < 1.29 is 13.9 Å². The molecule has 0 aliphatic rings. The quantitative estimate of drug-likeness (QED) is 0.798. The average molecular weight is 298 g/mol. The summed E-state index contributed by atoms with van der Waals surface area (Å²) in [5.74, 6) is -0.892. The molecule has 2 rings (SSSR count). The maximum atomic E-state index is 13.4. The number of rotatable bonds is 2. The molecule has 5 heteroatoms. The monoisotopic (exact) mass is 297 g/mol. The van der Waals surface area contributed by atoms with Crippen LogP contribution in [0.1, 0.15) is 17.3 Å². The van der Waals surface area contributed by atoms with Gasteiger partial charge >= 0.3 is 5.97 Å². The van der Waals surface area contributed by atoms with E-state index in [1.807, 2.05) is 0 Å². The number of carbonyl (C=O) groups is 1. The molecule has 0 radical (unpaired) electrons. The Morgan fingerprint density at radius 1 is 1.53 bits per heavy atom. The van der Waals surface area contributed by atoms with Crippen molar-refractivity contribution in [2.75, 3.05) is 6.61 Å². The normalized spacial score (nSPS) is 10.5. The Hall–Kier alpha value is -1.49. The summed E-state index contributed by atoms with van der Waals surface area (Å²) in [6, 6.07) is 4.59. The van der Waals surface area contributed by atoms with Gasteiger partial charge in [-0.1, -0.05) is 12.1 Å². The predicted octanol–water partition coefficient (Wildman–Crippen LogP) is 3.31. The van der Waals surface area contributed by atoms with Crippen molar-refractivity contribution in [3.05, 3.63) is 40.2 Å². The maximum Gasteiger partial charge on any atom is 0.340 e. The number of pyridine rings is 1. The number of hydrogen-bond donors (Lipinski definition) is 0. The van der Waals surface area contributed by atoms with Crippen molar-refractivity contribution >= 4 is 32.8 Å². The van der Waals surface area contributed by atoms with Gasteiger partial charge in [0.25, 0.3) is 0 Å². The summed E-state index contributed by atoms with van der Waals surface area (Å²) < 4.78 is 18.8. The molecule has 1 aromatic carbocycles. The molecule has 0 N–H and O–H groups in total. The molecule has 17 heavy (non-hydrogen) atoms. The van der Waals surface area contributed by atoms with Gasteiger partial charge < -0.3 is 4.74 Å². The number of carbonyl (C=O) groups excluding carboxylic acids is 1. The van der Waals surface area contributed by atoms with Gasteiger partial charge in [0.2, 0.25) is 0 Å². The lowest BCUT2D eigenvalue weighted by Crippen LogP contribution is -2.06. The smallest absolute Gasteiger partial charge is 0.340 e. The second kappa shape index (κ2) is 4.79. The summed E-state index contributed by atoms with van der Waals surface area (Å²) in [6.45, 7) is 2.01. The number of aromatic nitrogens is 1. The molecule has 0 aliphatic carbocycles. The molecular weight excluding hydrogens is 289 g/mol. The van der Waals surface area contributed by atoms with E-state index >= 15 is 0 Å². The molecule has 0 bridgehead atoms. The molecule has 0 unspecified atom stereocenters. The van der Waals surface area contributed by atoms with E-state index in [1.165, 1.54) is 12.3 Å². The van der Waals surface area contributed by atoms with E-state index in [0.717, 1.165) is 0 Å². The van der Waals surface area contributed by atoms with Crippen LogP contribution in [0.15, 0.2) is 28.9 Å². The second-order valence-electron chi connectivity index (χ2n) is 3.34. The zero-order chi connectivity index (χ0) is 12.4. The summed E-state index contributed by atoms with van der Waals surface area (Å²) in [4.78, 5) is 15.5. The molecule has 1 aromatic heterocycles. The van der Waals surface area contributed by atoms with E-state index in [9.17, 15) is 9.18 Å². The fourth-order valence-electron chi connectivity index (χ4n) is 1.51. The fourth-order valence-corrected chi connectivity index (χ4v) is 2.09. The van der Waals surface area contributed by atoms with Crippen molar-refractivity contribution in [1.82, 2.24) is 4.98 Å². The van der Waals surface area contributed by atoms with Gasteiger partial charge in [-0.15, -0.1) is 0 Å². The SMILES string of the molecule is CCOC(=O)c1cnc2c(F)cccc2c1Br. The highest BCUT2D eigenvalue weighted by Crippen LogP contribution is 2.27. The third-order valence-electron chi connectivity index (χ3n) is 2.28. The molecule has 3 nitrogen and oxygen atoms in total. The van der Waals surface area contributed by atoms with Gasteiger partial charge in [0.1, 0.15) is 11.3 Å². The summed E-state index contributed by atoms with van der Waals surface area (Å²) >= 11 is 3.28. The van der Waals surface area contributed by atoms with Crippen LogP contribution in [0.2, 0.25) is 0 Å². The summed E-state index contributed by atoms with van der Waals surface area (Å²) in [7, 11) is 0. The molecule has 0 saturated heterocycles. The largest absolute Gasteiger partial charge is 0.462 e. The summed E-state index contributed by atoms with van der Waals surface area (Å²) in [5.41, 5.74) is 0.525.